The molecule has 160 valence electrons. The minimum absolute atomic E-state index is 0.0399. The van der Waals surface area contributed by atoms with Gasteiger partial charge in [-0.3, -0.25) is 14.4 Å². The molecule has 1 fully saturated rings. The molecule has 3 rings (SSSR count). The molecule has 0 aromatic heterocycles. The van der Waals surface area contributed by atoms with E-state index in [0.29, 0.717) is 0 Å². The molecular weight excluding hydrogens is 404 g/mol. The summed E-state index contributed by atoms with van der Waals surface area (Å²) in [6.45, 7) is -0.0798. The largest absolute Gasteiger partial charge is 0.469 e. The number of piperidine rings is 1. The first-order valence-electron chi connectivity index (χ1n) is 9.68. The van der Waals surface area contributed by atoms with Gasteiger partial charge in [0.15, 0.2) is 5.78 Å². The van der Waals surface area contributed by atoms with Crippen LogP contribution in [-0.4, -0.2) is 42.8 Å². The van der Waals surface area contributed by atoms with Crippen molar-refractivity contribution in [1.29, 1.82) is 0 Å². The summed E-state index contributed by atoms with van der Waals surface area (Å²) in [5, 5.41) is 0. The summed E-state index contributed by atoms with van der Waals surface area (Å²) in [5.41, 5.74) is 0.815. The van der Waals surface area contributed by atoms with Crippen molar-refractivity contribution in [2.45, 2.75) is 12.8 Å². The van der Waals surface area contributed by atoms with Gasteiger partial charge >= 0.3 is 5.97 Å². The fourth-order valence-corrected chi connectivity index (χ4v) is 3.24. The van der Waals surface area contributed by atoms with E-state index in [2.05, 4.69) is 4.74 Å². The maximum Gasteiger partial charge on any atom is 0.306 e. The number of nitrogens with zero attached hydrogens (tertiary/aromatic N) is 1. The minimum atomic E-state index is -0.523. The molecule has 0 unspecified atom stereocenters. The first kappa shape index (κ1) is 22.1. The fraction of sp³-hybridized carbons (Fsp3) is 0.208. The molecule has 0 atom stereocenters. The first-order valence-corrected chi connectivity index (χ1v) is 9.68. The molecule has 1 aliphatic heterocycles. The summed E-state index contributed by atoms with van der Waals surface area (Å²) in [6.07, 6.45) is 2.60. The lowest BCUT2D eigenvalue weighted by molar-refractivity contribution is -0.143. The molecule has 0 bridgehead atoms. The lowest BCUT2D eigenvalue weighted by Crippen LogP contribution is -2.41. The van der Waals surface area contributed by atoms with Gasteiger partial charge in [0.25, 0.3) is 0 Å². The number of ether oxygens (including phenoxy) is 1. The Morgan fingerprint density at radius 2 is 1.39 bits per heavy atom. The Balaban J connectivity index is 1.96. The fourth-order valence-electron chi connectivity index (χ4n) is 3.24. The van der Waals surface area contributed by atoms with Gasteiger partial charge in [-0.25, -0.2) is 8.78 Å². The first-order chi connectivity index (χ1) is 14.9. The van der Waals surface area contributed by atoms with Gasteiger partial charge in [-0.2, -0.15) is 0 Å². The number of hydrogen-bond donors (Lipinski definition) is 0. The highest BCUT2D eigenvalue weighted by atomic mass is 19.1. The van der Waals surface area contributed by atoms with Crippen molar-refractivity contribution in [1.82, 2.24) is 4.90 Å². The van der Waals surface area contributed by atoms with Gasteiger partial charge in [-0.15, -0.1) is 0 Å². The van der Waals surface area contributed by atoms with Crippen LogP contribution in [0.25, 0.3) is 12.2 Å². The van der Waals surface area contributed by atoms with Gasteiger partial charge in [-0.1, -0.05) is 36.4 Å². The van der Waals surface area contributed by atoms with Crippen LogP contribution in [0.3, 0.4) is 0 Å². The average Bonchev–Trinajstić information content (AvgIpc) is 2.77. The van der Waals surface area contributed by atoms with Gasteiger partial charge < -0.3 is 9.64 Å². The van der Waals surface area contributed by atoms with Gasteiger partial charge in [-0.05, 0) is 24.3 Å². The Hall–Kier alpha value is -3.61. The summed E-state index contributed by atoms with van der Waals surface area (Å²) < 4.78 is 32.8. The van der Waals surface area contributed by atoms with Crippen LogP contribution >= 0.6 is 0 Å². The van der Waals surface area contributed by atoms with E-state index in [9.17, 15) is 23.2 Å². The summed E-state index contributed by atoms with van der Waals surface area (Å²) in [7, 11) is 1.23. The minimum Gasteiger partial charge on any atom is -0.469 e. The van der Waals surface area contributed by atoms with E-state index in [-0.39, 0.29) is 59.9 Å². The molecular formula is C24H21F2NO4. The molecule has 31 heavy (non-hydrogen) atoms. The number of carbonyl (C=O) groups is 3. The van der Waals surface area contributed by atoms with Crippen molar-refractivity contribution in [2.24, 2.45) is 0 Å². The number of methoxy groups -OCH3 is 1. The Labute approximate surface area is 178 Å². The van der Waals surface area contributed by atoms with Gasteiger partial charge in [0.05, 0.1) is 13.5 Å². The summed E-state index contributed by atoms with van der Waals surface area (Å²) in [5.74, 6) is -2.28. The molecule has 0 spiro atoms. The van der Waals surface area contributed by atoms with Crippen molar-refractivity contribution < 1.29 is 27.9 Å². The summed E-state index contributed by atoms with van der Waals surface area (Å²) in [6, 6.07) is 11.9. The number of hydrogen-bond acceptors (Lipinski definition) is 4. The zero-order chi connectivity index (χ0) is 22.4. The standard InChI is InChI=1S/C24H21F2NO4/c1-31-23(29)11-10-22(28)27-14-18(12-16-6-2-4-8-20(16)25)24(30)19(15-27)13-17-7-3-5-9-21(17)26/h2-9,12-13H,10-11,14-15H2,1H3/b18-12+,19-13+. The van der Waals surface area contributed by atoms with Crippen LogP contribution in [0.4, 0.5) is 8.78 Å². The van der Waals surface area contributed by atoms with Crippen LogP contribution in [-0.2, 0) is 19.1 Å². The molecule has 0 N–H and O–H groups in total. The summed E-state index contributed by atoms with van der Waals surface area (Å²) in [4.78, 5) is 38.5. The number of benzene rings is 2. The third-order valence-corrected chi connectivity index (χ3v) is 4.90. The average molecular weight is 425 g/mol. The molecule has 5 nitrogen and oxygen atoms in total. The van der Waals surface area contributed by atoms with E-state index in [1.165, 1.54) is 60.6 Å². The SMILES string of the molecule is COC(=O)CCC(=O)N1C/C(=C\c2ccccc2F)C(=O)/C(=C/c2ccccc2F)C1. The Bertz CT molecular complexity index is 1010. The molecule has 0 radical (unpaired) electrons. The highest BCUT2D eigenvalue weighted by Crippen LogP contribution is 2.24. The molecule has 2 aromatic rings. The van der Waals surface area contributed by atoms with Crippen LogP contribution in [0.5, 0.6) is 0 Å². The number of amides is 1. The lowest BCUT2D eigenvalue weighted by atomic mass is 9.93. The van der Waals surface area contributed by atoms with Crippen molar-refractivity contribution >= 4 is 29.8 Å². The molecule has 2 aromatic carbocycles. The molecule has 0 aliphatic carbocycles. The van der Waals surface area contributed by atoms with Gasteiger partial charge in [0.1, 0.15) is 11.6 Å². The van der Waals surface area contributed by atoms with E-state index in [4.69, 9.17) is 0 Å². The number of likely N-dealkylation sites (tertiary alicyclic amines) is 1. The van der Waals surface area contributed by atoms with Crippen molar-refractivity contribution in [2.75, 3.05) is 20.2 Å². The molecule has 1 heterocycles. The monoisotopic (exact) mass is 425 g/mol. The predicted molar refractivity (Wildman–Crippen MR) is 112 cm³/mol. The number of esters is 1. The maximum absolute atomic E-state index is 14.1. The molecule has 7 heteroatoms. The zero-order valence-corrected chi connectivity index (χ0v) is 16.9. The van der Waals surface area contributed by atoms with E-state index in [1.807, 2.05) is 0 Å². The third kappa shape index (κ3) is 5.51. The lowest BCUT2D eigenvalue weighted by Gasteiger charge is -2.30. The van der Waals surface area contributed by atoms with Crippen LogP contribution in [0.15, 0.2) is 59.7 Å². The topological polar surface area (TPSA) is 63.7 Å². The Morgan fingerprint density at radius 3 is 1.84 bits per heavy atom. The van der Waals surface area contributed by atoms with Crippen LogP contribution in [0.1, 0.15) is 24.0 Å². The molecule has 1 amide bonds. The number of carbonyl (C=O) groups excluding carboxylic acids is 3. The van der Waals surface area contributed by atoms with Crippen molar-refractivity contribution in [3.05, 3.63) is 82.4 Å². The van der Waals surface area contributed by atoms with Crippen LogP contribution < -0.4 is 0 Å². The Morgan fingerprint density at radius 1 is 0.903 bits per heavy atom. The quantitative estimate of drug-likeness (QED) is 0.540. The van der Waals surface area contributed by atoms with Gasteiger partial charge in [0, 0.05) is 41.8 Å². The normalized spacial score (nSPS) is 16.6. The molecule has 1 saturated heterocycles. The smallest absolute Gasteiger partial charge is 0.306 e. The highest BCUT2D eigenvalue weighted by Gasteiger charge is 2.29. The Kier molecular flexibility index (Phi) is 7.07. The third-order valence-electron chi connectivity index (χ3n) is 4.90. The van der Waals surface area contributed by atoms with E-state index >= 15 is 0 Å². The summed E-state index contributed by atoms with van der Waals surface area (Å²) >= 11 is 0. The van der Waals surface area contributed by atoms with E-state index in [1.54, 1.807) is 12.1 Å². The van der Waals surface area contributed by atoms with Crippen molar-refractivity contribution in [3.8, 4) is 0 Å². The highest BCUT2D eigenvalue weighted by molar-refractivity contribution is 6.15. The zero-order valence-electron chi connectivity index (χ0n) is 16.9. The van der Waals surface area contributed by atoms with Crippen LogP contribution in [0, 0.1) is 11.6 Å². The second-order valence-electron chi connectivity index (χ2n) is 7.04. The van der Waals surface area contributed by atoms with Crippen LogP contribution in [0.2, 0.25) is 0 Å². The second-order valence-corrected chi connectivity index (χ2v) is 7.04. The number of halogens is 2. The number of Topliss-reactive ketones (excluding diaryl/α,β-unsaturated/α-hetero) is 1. The maximum atomic E-state index is 14.1. The van der Waals surface area contributed by atoms with Crippen molar-refractivity contribution in [3.63, 3.8) is 0 Å². The number of rotatable bonds is 5. The second kappa shape index (κ2) is 9.93. The van der Waals surface area contributed by atoms with Gasteiger partial charge in [0.2, 0.25) is 5.91 Å². The van der Waals surface area contributed by atoms with E-state index < -0.39 is 17.6 Å². The predicted octanol–water partition coefficient (Wildman–Crippen LogP) is 3.80. The molecule has 0 saturated carbocycles. The van der Waals surface area contributed by atoms with E-state index in [0.717, 1.165) is 0 Å². The molecule has 1 aliphatic rings. The number of ketones is 1.